The summed E-state index contributed by atoms with van der Waals surface area (Å²) in [5.74, 6) is -2.55. The summed E-state index contributed by atoms with van der Waals surface area (Å²) in [6.45, 7) is 4.10. The van der Waals surface area contributed by atoms with Gasteiger partial charge in [0.25, 0.3) is 5.91 Å². The van der Waals surface area contributed by atoms with Crippen molar-refractivity contribution >= 4 is 17.7 Å². The zero-order valence-corrected chi connectivity index (χ0v) is 14.4. The summed E-state index contributed by atoms with van der Waals surface area (Å²) in [7, 11) is 0. The Hall–Kier alpha value is -2.96. The second kappa shape index (κ2) is 8.94. The van der Waals surface area contributed by atoms with Crippen LogP contribution < -0.4 is 10.1 Å². The van der Waals surface area contributed by atoms with Crippen molar-refractivity contribution in [1.29, 1.82) is 0 Å². The Morgan fingerprint density at radius 2 is 1.85 bits per heavy atom. The molecule has 2 aromatic carbocycles. The first-order valence-electron chi connectivity index (χ1n) is 8.10. The molecule has 5 nitrogen and oxygen atoms in total. The van der Waals surface area contributed by atoms with Crippen molar-refractivity contribution in [3.8, 4) is 5.75 Å². The number of anilines is 1. The van der Waals surface area contributed by atoms with Gasteiger partial charge < -0.3 is 14.8 Å². The van der Waals surface area contributed by atoms with Gasteiger partial charge in [-0.2, -0.15) is 0 Å². The standard InChI is InChI=1S/C19H19F2NO4/c1-3-12(2)11-25-19(24)26-17-7-5-4-6-14(17)18(23)22-13-8-9-15(20)16(21)10-13/h4-10,12H,3,11H2,1-2H3,(H,22,23). The van der Waals surface area contributed by atoms with Gasteiger partial charge >= 0.3 is 6.16 Å². The minimum absolute atomic E-state index is 0.00161. The molecule has 26 heavy (non-hydrogen) atoms. The average Bonchev–Trinajstić information content (AvgIpc) is 2.63. The molecule has 2 aromatic rings. The Balaban J connectivity index is 2.08. The summed E-state index contributed by atoms with van der Waals surface area (Å²) < 4.78 is 36.3. The summed E-state index contributed by atoms with van der Waals surface area (Å²) in [5.41, 5.74) is 0.126. The maximum atomic E-state index is 13.3. The predicted octanol–water partition coefficient (Wildman–Crippen LogP) is 4.78. The molecule has 0 bridgehead atoms. The number of para-hydroxylation sites is 1. The molecule has 138 valence electrons. The van der Waals surface area contributed by atoms with E-state index in [9.17, 15) is 18.4 Å². The Labute approximate surface area is 149 Å². The van der Waals surface area contributed by atoms with E-state index >= 15 is 0 Å². The van der Waals surface area contributed by atoms with Crippen LogP contribution in [-0.4, -0.2) is 18.7 Å². The topological polar surface area (TPSA) is 64.6 Å². The molecule has 0 fully saturated rings. The number of halogens is 2. The number of carbonyl (C=O) groups is 2. The molecule has 0 saturated carbocycles. The summed E-state index contributed by atoms with van der Waals surface area (Å²) in [4.78, 5) is 24.1. The van der Waals surface area contributed by atoms with Crippen LogP contribution in [0.4, 0.5) is 19.3 Å². The van der Waals surface area contributed by atoms with Crippen LogP contribution in [0.25, 0.3) is 0 Å². The van der Waals surface area contributed by atoms with Crippen LogP contribution in [0.15, 0.2) is 42.5 Å². The summed E-state index contributed by atoms with van der Waals surface area (Å²) in [5, 5.41) is 2.42. The number of rotatable bonds is 6. The molecule has 0 aliphatic carbocycles. The van der Waals surface area contributed by atoms with Crippen LogP contribution in [-0.2, 0) is 4.74 Å². The Kier molecular flexibility index (Phi) is 6.66. The molecule has 0 aromatic heterocycles. The minimum atomic E-state index is -1.08. The third-order valence-corrected chi connectivity index (χ3v) is 3.69. The van der Waals surface area contributed by atoms with Gasteiger partial charge in [-0.25, -0.2) is 13.6 Å². The Bertz CT molecular complexity index is 795. The molecule has 1 unspecified atom stereocenters. The van der Waals surface area contributed by atoms with E-state index in [2.05, 4.69) is 5.32 Å². The fourth-order valence-corrected chi connectivity index (χ4v) is 1.96. The number of ether oxygens (including phenoxy) is 2. The van der Waals surface area contributed by atoms with Gasteiger partial charge in [-0.3, -0.25) is 4.79 Å². The maximum Gasteiger partial charge on any atom is 0.513 e. The molecular formula is C19H19F2NO4. The largest absolute Gasteiger partial charge is 0.513 e. The van der Waals surface area contributed by atoms with Crippen molar-refractivity contribution in [2.75, 3.05) is 11.9 Å². The van der Waals surface area contributed by atoms with Gasteiger partial charge in [-0.1, -0.05) is 32.4 Å². The highest BCUT2D eigenvalue weighted by molar-refractivity contribution is 6.06. The van der Waals surface area contributed by atoms with Crippen molar-refractivity contribution in [2.24, 2.45) is 5.92 Å². The van der Waals surface area contributed by atoms with E-state index in [0.29, 0.717) is 0 Å². The molecule has 0 spiro atoms. The lowest BCUT2D eigenvalue weighted by Crippen LogP contribution is -2.18. The number of amides is 1. The molecular weight excluding hydrogens is 344 g/mol. The van der Waals surface area contributed by atoms with Crippen molar-refractivity contribution in [3.05, 3.63) is 59.7 Å². The van der Waals surface area contributed by atoms with Crippen molar-refractivity contribution < 1.29 is 27.8 Å². The quantitative estimate of drug-likeness (QED) is 0.593. The highest BCUT2D eigenvalue weighted by Gasteiger charge is 2.17. The zero-order valence-electron chi connectivity index (χ0n) is 14.4. The van der Waals surface area contributed by atoms with Crippen LogP contribution in [0, 0.1) is 17.6 Å². The Morgan fingerprint density at radius 3 is 2.54 bits per heavy atom. The fraction of sp³-hybridized carbons (Fsp3) is 0.263. The number of benzene rings is 2. The summed E-state index contributed by atoms with van der Waals surface area (Å²) in [6.07, 6.45) is -0.0704. The van der Waals surface area contributed by atoms with E-state index in [-0.39, 0.29) is 29.5 Å². The smallest absolute Gasteiger partial charge is 0.434 e. The first-order valence-corrected chi connectivity index (χ1v) is 8.10. The lowest BCUT2D eigenvalue weighted by atomic mass is 10.1. The minimum Gasteiger partial charge on any atom is -0.434 e. The normalized spacial score (nSPS) is 11.5. The number of hydrogen-bond donors (Lipinski definition) is 1. The molecule has 0 saturated heterocycles. The van der Waals surface area contributed by atoms with Gasteiger partial charge in [0.1, 0.15) is 5.75 Å². The SMILES string of the molecule is CCC(C)COC(=O)Oc1ccccc1C(=O)Nc1ccc(F)c(F)c1. The van der Waals surface area contributed by atoms with Gasteiger partial charge in [-0.15, -0.1) is 0 Å². The van der Waals surface area contributed by atoms with Crippen molar-refractivity contribution in [3.63, 3.8) is 0 Å². The van der Waals surface area contributed by atoms with E-state index in [4.69, 9.17) is 9.47 Å². The fourth-order valence-electron chi connectivity index (χ4n) is 1.96. The van der Waals surface area contributed by atoms with Crippen LogP contribution in [0.3, 0.4) is 0 Å². The van der Waals surface area contributed by atoms with Crippen LogP contribution in [0.1, 0.15) is 30.6 Å². The number of hydrogen-bond acceptors (Lipinski definition) is 4. The second-order valence-electron chi connectivity index (χ2n) is 5.76. The van der Waals surface area contributed by atoms with Gasteiger partial charge in [0.05, 0.1) is 12.2 Å². The molecule has 1 atom stereocenters. The molecule has 1 N–H and O–H groups in total. The van der Waals surface area contributed by atoms with Crippen molar-refractivity contribution in [2.45, 2.75) is 20.3 Å². The van der Waals surface area contributed by atoms with Crippen LogP contribution in [0.2, 0.25) is 0 Å². The predicted molar refractivity (Wildman–Crippen MR) is 92.2 cm³/mol. The van der Waals surface area contributed by atoms with E-state index in [1.54, 1.807) is 12.1 Å². The maximum absolute atomic E-state index is 13.3. The number of carbonyl (C=O) groups excluding carboxylic acids is 2. The van der Waals surface area contributed by atoms with Gasteiger partial charge in [-0.05, 0) is 30.2 Å². The first kappa shape index (κ1) is 19.4. The lowest BCUT2D eigenvalue weighted by molar-refractivity contribution is 0.0850. The van der Waals surface area contributed by atoms with Crippen LogP contribution >= 0.6 is 0 Å². The van der Waals surface area contributed by atoms with Gasteiger partial charge in [0.15, 0.2) is 11.6 Å². The monoisotopic (exact) mass is 363 g/mol. The highest BCUT2D eigenvalue weighted by Crippen LogP contribution is 2.21. The number of nitrogens with one attached hydrogen (secondary N) is 1. The molecule has 1 amide bonds. The molecule has 7 heteroatoms. The lowest BCUT2D eigenvalue weighted by Gasteiger charge is -2.12. The van der Waals surface area contributed by atoms with E-state index < -0.39 is 23.7 Å². The first-order chi connectivity index (χ1) is 12.4. The molecule has 0 aliphatic rings. The molecule has 0 radical (unpaired) electrons. The van der Waals surface area contributed by atoms with Gasteiger partial charge in [0, 0.05) is 11.8 Å². The van der Waals surface area contributed by atoms with Crippen LogP contribution in [0.5, 0.6) is 5.75 Å². The van der Waals surface area contributed by atoms with E-state index in [1.807, 2.05) is 13.8 Å². The highest BCUT2D eigenvalue weighted by atomic mass is 19.2. The average molecular weight is 363 g/mol. The Morgan fingerprint density at radius 1 is 1.12 bits per heavy atom. The van der Waals surface area contributed by atoms with E-state index in [1.165, 1.54) is 18.2 Å². The third-order valence-electron chi connectivity index (χ3n) is 3.69. The van der Waals surface area contributed by atoms with E-state index in [0.717, 1.165) is 18.6 Å². The third kappa shape index (κ3) is 5.27. The molecule has 0 heterocycles. The zero-order chi connectivity index (χ0) is 19.1. The summed E-state index contributed by atoms with van der Waals surface area (Å²) >= 11 is 0. The van der Waals surface area contributed by atoms with Gasteiger partial charge in [0.2, 0.25) is 0 Å². The molecule has 0 aliphatic heterocycles. The molecule has 2 rings (SSSR count). The van der Waals surface area contributed by atoms with Crippen molar-refractivity contribution in [1.82, 2.24) is 0 Å². The second-order valence-corrected chi connectivity index (χ2v) is 5.76. The summed E-state index contributed by atoms with van der Waals surface area (Å²) in [6, 6.07) is 9.02.